The second kappa shape index (κ2) is 9.55. The molecule has 0 fully saturated rings. The lowest BCUT2D eigenvalue weighted by Gasteiger charge is -2.13. The first kappa shape index (κ1) is 25.4. The van der Waals surface area contributed by atoms with Crippen molar-refractivity contribution in [1.29, 1.82) is 0 Å². The molecule has 0 aliphatic carbocycles. The monoisotopic (exact) mass is 520 g/mol. The SMILES string of the molecule is O=C(Nc1cc(C(F)(F)F)ccc1Cl)c1cccc(C(=O)Nc2cc(C(F)(F)F)ccc2Cl)c1. The van der Waals surface area contributed by atoms with Crippen molar-refractivity contribution >= 4 is 46.4 Å². The number of benzene rings is 3. The number of halogens is 8. The van der Waals surface area contributed by atoms with Crippen molar-refractivity contribution in [2.45, 2.75) is 12.4 Å². The van der Waals surface area contributed by atoms with Crippen molar-refractivity contribution in [3.8, 4) is 0 Å². The van der Waals surface area contributed by atoms with E-state index >= 15 is 0 Å². The van der Waals surface area contributed by atoms with Crippen LogP contribution in [0.4, 0.5) is 37.7 Å². The van der Waals surface area contributed by atoms with Crippen LogP contribution in [-0.2, 0) is 12.4 Å². The zero-order chi connectivity index (χ0) is 25.3. The number of nitrogens with one attached hydrogen (secondary N) is 2. The highest BCUT2D eigenvalue weighted by Gasteiger charge is 2.32. The van der Waals surface area contributed by atoms with Gasteiger partial charge >= 0.3 is 12.4 Å². The summed E-state index contributed by atoms with van der Waals surface area (Å²) in [5.74, 6) is -1.74. The van der Waals surface area contributed by atoms with E-state index in [9.17, 15) is 35.9 Å². The van der Waals surface area contributed by atoms with Gasteiger partial charge in [0.2, 0.25) is 0 Å². The number of hydrogen-bond acceptors (Lipinski definition) is 2. The fourth-order valence-corrected chi connectivity index (χ4v) is 3.12. The van der Waals surface area contributed by atoms with Crippen molar-refractivity contribution in [3.63, 3.8) is 0 Å². The van der Waals surface area contributed by atoms with Crippen LogP contribution >= 0.6 is 23.2 Å². The quantitative estimate of drug-likeness (QED) is 0.349. The van der Waals surface area contributed by atoms with Gasteiger partial charge in [0.1, 0.15) is 0 Å². The van der Waals surface area contributed by atoms with Crippen LogP contribution in [0.15, 0.2) is 60.7 Å². The maximum Gasteiger partial charge on any atom is 0.416 e. The second-order valence-corrected chi connectivity index (χ2v) is 7.69. The smallest absolute Gasteiger partial charge is 0.321 e. The van der Waals surface area contributed by atoms with Crippen LogP contribution in [-0.4, -0.2) is 11.8 Å². The Hall–Kier alpha value is -3.24. The van der Waals surface area contributed by atoms with Crippen molar-refractivity contribution in [1.82, 2.24) is 0 Å². The molecule has 0 spiro atoms. The van der Waals surface area contributed by atoms with Gasteiger partial charge in [0.15, 0.2) is 0 Å². The Balaban J connectivity index is 1.82. The lowest BCUT2D eigenvalue weighted by Crippen LogP contribution is -2.17. The minimum absolute atomic E-state index is 0.115. The van der Waals surface area contributed by atoms with E-state index in [0.29, 0.717) is 12.1 Å². The molecule has 0 radical (unpaired) electrons. The number of carbonyl (C=O) groups excluding carboxylic acids is 2. The van der Waals surface area contributed by atoms with E-state index in [1.165, 1.54) is 18.2 Å². The van der Waals surface area contributed by atoms with Gasteiger partial charge in [-0.25, -0.2) is 0 Å². The summed E-state index contributed by atoms with van der Waals surface area (Å²) in [6, 6.07) is 9.75. The average Bonchev–Trinajstić information content (AvgIpc) is 2.75. The molecule has 178 valence electrons. The summed E-state index contributed by atoms with van der Waals surface area (Å²) in [6.45, 7) is 0. The first-order chi connectivity index (χ1) is 15.8. The predicted molar refractivity (Wildman–Crippen MR) is 115 cm³/mol. The summed E-state index contributed by atoms with van der Waals surface area (Å²) in [7, 11) is 0. The number of hydrogen-bond donors (Lipinski definition) is 2. The lowest BCUT2D eigenvalue weighted by molar-refractivity contribution is -0.138. The van der Waals surface area contributed by atoms with Gasteiger partial charge in [-0.2, -0.15) is 26.3 Å². The van der Waals surface area contributed by atoms with Crippen molar-refractivity contribution < 1.29 is 35.9 Å². The van der Waals surface area contributed by atoms with Crippen LogP contribution in [0.1, 0.15) is 31.8 Å². The van der Waals surface area contributed by atoms with Gasteiger partial charge < -0.3 is 10.6 Å². The van der Waals surface area contributed by atoms with Crippen LogP contribution in [0.3, 0.4) is 0 Å². The Morgan fingerprint density at radius 2 is 1.00 bits per heavy atom. The van der Waals surface area contributed by atoms with E-state index in [1.54, 1.807) is 0 Å². The molecule has 0 unspecified atom stereocenters. The molecule has 0 saturated carbocycles. The second-order valence-electron chi connectivity index (χ2n) is 6.87. The molecule has 34 heavy (non-hydrogen) atoms. The molecular formula is C22H12Cl2F6N2O2. The van der Waals surface area contributed by atoms with E-state index in [1.807, 2.05) is 0 Å². The summed E-state index contributed by atoms with van der Waals surface area (Å²) >= 11 is 11.7. The summed E-state index contributed by atoms with van der Waals surface area (Å²) in [5.41, 5.74) is -2.89. The Labute approximate surface area is 198 Å². The fourth-order valence-electron chi connectivity index (χ4n) is 2.79. The highest BCUT2D eigenvalue weighted by Crippen LogP contribution is 2.35. The molecule has 2 amide bonds. The molecule has 3 aromatic carbocycles. The first-order valence-electron chi connectivity index (χ1n) is 9.22. The molecule has 2 N–H and O–H groups in total. The van der Waals surface area contributed by atoms with Crippen molar-refractivity contribution in [3.05, 3.63) is 93.0 Å². The molecule has 0 atom stereocenters. The van der Waals surface area contributed by atoms with Crippen LogP contribution < -0.4 is 10.6 Å². The predicted octanol–water partition coefficient (Wildman–Crippen LogP) is 7.54. The number of anilines is 2. The van der Waals surface area contributed by atoms with Crippen LogP contribution in [0.5, 0.6) is 0 Å². The van der Waals surface area contributed by atoms with E-state index in [2.05, 4.69) is 10.6 Å². The normalized spacial score (nSPS) is 11.8. The number of carbonyl (C=O) groups is 2. The van der Waals surface area contributed by atoms with Crippen LogP contribution in [0.2, 0.25) is 10.0 Å². The Kier molecular flexibility index (Phi) is 7.13. The number of rotatable bonds is 4. The van der Waals surface area contributed by atoms with Gasteiger partial charge in [0.25, 0.3) is 11.8 Å². The molecule has 0 aliphatic rings. The summed E-state index contributed by atoms with van der Waals surface area (Å²) in [4.78, 5) is 25.1. The lowest BCUT2D eigenvalue weighted by atomic mass is 10.1. The van der Waals surface area contributed by atoms with E-state index in [0.717, 1.165) is 30.3 Å². The fraction of sp³-hybridized carbons (Fsp3) is 0.0909. The Morgan fingerprint density at radius 3 is 1.35 bits per heavy atom. The van der Waals surface area contributed by atoms with Gasteiger partial charge in [0.05, 0.1) is 32.5 Å². The molecule has 0 aromatic heterocycles. The largest absolute Gasteiger partial charge is 0.416 e. The molecule has 0 heterocycles. The van der Waals surface area contributed by atoms with Gasteiger partial charge in [-0.15, -0.1) is 0 Å². The van der Waals surface area contributed by atoms with E-state index < -0.39 is 35.3 Å². The minimum Gasteiger partial charge on any atom is -0.321 e. The van der Waals surface area contributed by atoms with Crippen LogP contribution in [0.25, 0.3) is 0 Å². The summed E-state index contributed by atoms with van der Waals surface area (Å²) in [5, 5.41) is 4.19. The molecule has 4 nitrogen and oxygen atoms in total. The third kappa shape index (κ3) is 6.00. The molecule has 0 saturated heterocycles. The number of amides is 2. The average molecular weight is 521 g/mol. The number of alkyl halides is 6. The topological polar surface area (TPSA) is 58.2 Å². The first-order valence-corrected chi connectivity index (χ1v) is 9.97. The minimum atomic E-state index is -4.66. The van der Waals surface area contributed by atoms with E-state index in [-0.39, 0.29) is 32.5 Å². The maximum atomic E-state index is 12.9. The third-order valence-electron chi connectivity index (χ3n) is 4.47. The van der Waals surface area contributed by atoms with Gasteiger partial charge in [-0.3, -0.25) is 9.59 Å². The molecule has 0 aliphatic heterocycles. The Bertz CT molecular complexity index is 1170. The summed E-state index contributed by atoms with van der Waals surface area (Å²) < 4.78 is 77.6. The zero-order valence-corrected chi connectivity index (χ0v) is 18.1. The Morgan fingerprint density at radius 1 is 0.618 bits per heavy atom. The van der Waals surface area contributed by atoms with Crippen molar-refractivity contribution in [2.75, 3.05) is 10.6 Å². The van der Waals surface area contributed by atoms with Crippen molar-refractivity contribution in [2.24, 2.45) is 0 Å². The molecule has 0 bridgehead atoms. The highest BCUT2D eigenvalue weighted by molar-refractivity contribution is 6.34. The molecule has 3 rings (SSSR count). The van der Waals surface area contributed by atoms with Gasteiger partial charge in [0, 0.05) is 11.1 Å². The zero-order valence-electron chi connectivity index (χ0n) is 16.6. The molecular weight excluding hydrogens is 509 g/mol. The standard InChI is InChI=1S/C22H12Cl2F6N2O2/c23-15-6-4-13(21(25,26)27)9-17(15)31-19(33)11-2-1-3-12(8-11)20(34)32-18-10-14(22(28,29)30)5-7-16(18)24/h1-10H,(H,31,33)(H,32,34). The van der Waals surface area contributed by atoms with Crippen LogP contribution in [0, 0.1) is 0 Å². The molecule has 12 heteroatoms. The summed E-state index contributed by atoms with van der Waals surface area (Å²) in [6.07, 6.45) is -9.32. The van der Waals surface area contributed by atoms with E-state index in [4.69, 9.17) is 23.2 Å². The molecule has 3 aromatic rings. The third-order valence-corrected chi connectivity index (χ3v) is 5.13. The van der Waals surface area contributed by atoms with Gasteiger partial charge in [-0.05, 0) is 54.6 Å². The maximum absolute atomic E-state index is 12.9. The highest BCUT2D eigenvalue weighted by atomic mass is 35.5. The van der Waals surface area contributed by atoms with Gasteiger partial charge in [-0.1, -0.05) is 29.3 Å².